The Hall–Kier alpha value is -1.77. The lowest BCUT2D eigenvalue weighted by Gasteiger charge is -2.30. The van der Waals surface area contributed by atoms with Crippen molar-refractivity contribution in [2.45, 2.75) is 57.7 Å². The lowest BCUT2D eigenvalue weighted by Crippen LogP contribution is -2.49. The molecule has 118 valence electrons. The standard InChI is InChI=1S/C15H25N3O3/c1-15(2,3)21-14(20)17-12-9-10(13(19)18(5)6)7-8-11(12)16-4/h4,10-12H,7-9H2,1-3,5-6H3/p+1/t10-,11-,12+/m0/s1. The zero-order chi connectivity index (χ0) is 16.2. The highest BCUT2D eigenvalue weighted by atomic mass is 16.6. The van der Waals surface area contributed by atoms with Gasteiger partial charge in [0.05, 0.1) is 0 Å². The van der Waals surface area contributed by atoms with Crippen LogP contribution in [0.25, 0.3) is 4.85 Å². The third-order valence-corrected chi connectivity index (χ3v) is 3.50. The second kappa shape index (κ2) is 6.79. The summed E-state index contributed by atoms with van der Waals surface area (Å²) in [5.41, 5.74) is -0.563. The van der Waals surface area contributed by atoms with Crippen molar-refractivity contribution in [1.29, 1.82) is 0 Å². The van der Waals surface area contributed by atoms with Crippen LogP contribution >= 0.6 is 0 Å². The maximum absolute atomic E-state index is 12.1. The molecule has 6 nitrogen and oxygen atoms in total. The number of ether oxygens (including phenoxy) is 1. The molecule has 0 spiro atoms. The molecule has 0 aromatic carbocycles. The van der Waals surface area contributed by atoms with Gasteiger partial charge in [0.1, 0.15) is 11.6 Å². The van der Waals surface area contributed by atoms with E-state index < -0.39 is 11.7 Å². The number of nitrogens with one attached hydrogen (secondary N) is 1. The fraction of sp³-hybridized carbons (Fsp3) is 0.800. The quantitative estimate of drug-likeness (QED) is 0.849. The first-order chi connectivity index (χ1) is 9.64. The lowest BCUT2D eigenvalue weighted by atomic mass is 9.82. The van der Waals surface area contributed by atoms with Crippen LogP contribution in [0.3, 0.4) is 0 Å². The van der Waals surface area contributed by atoms with E-state index in [-0.39, 0.29) is 23.9 Å². The lowest BCUT2D eigenvalue weighted by molar-refractivity contribution is -0.134. The van der Waals surface area contributed by atoms with E-state index in [4.69, 9.17) is 11.3 Å². The van der Waals surface area contributed by atoms with E-state index in [2.05, 4.69) is 10.2 Å². The average molecular weight is 296 g/mol. The minimum atomic E-state index is -0.563. The van der Waals surface area contributed by atoms with Crippen LogP contribution in [0.5, 0.6) is 0 Å². The molecule has 0 aliphatic heterocycles. The number of nitrogens with zero attached hydrogens (tertiary/aromatic N) is 2. The summed E-state index contributed by atoms with van der Waals surface area (Å²) in [6.45, 7) is 10.8. The molecule has 0 aromatic rings. The highest BCUT2D eigenvalue weighted by Crippen LogP contribution is 2.28. The summed E-state index contributed by atoms with van der Waals surface area (Å²) in [4.78, 5) is 29.4. The van der Waals surface area contributed by atoms with E-state index in [0.717, 1.165) is 6.42 Å². The summed E-state index contributed by atoms with van der Waals surface area (Å²) in [5, 5.41) is 2.79. The Labute approximate surface area is 126 Å². The zero-order valence-corrected chi connectivity index (χ0v) is 13.5. The van der Waals surface area contributed by atoms with Crippen molar-refractivity contribution in [3.8, 4) is 6.57 Å². The van der Waals surface area contributed by atoms with E-state index in [0.29, 0.717) is 12.8 Å². The molecule has 1 rings (SSSR count). The van der Waals surface area contributed by atoms with Gasteiger partial charge in [0, 0.05) is 26.4 Å². The second-order valence-electron chi connectivity index (χ2n) is 6.71. The number of carbonyl (C=O) groups excluding carboxylic acids is 2. The molecule has 1 saturated carbocycles. The van der Waals surface area contributed by atoms with Crippen molar-refractivity contribution < 1.29 is 14.3 Å². The van der Waals surface area contributed by atoms with Crippen molar-refractivity contribution in [2.24, 2.45) is 5.92 Å². The van der Waals surface area contributed by atoms with E-state index >= 15 is 0 Å². The van der Waals surface area contributed by atoms with Crippen molar-refractivity contribution >= 4 is 12.0 Å². The van der Waals surface area contributed by atoms with Crippen LogP contribution in [0.1, 0.15) is 40.0 Å². The molecule has 0 heterocycles. The fourth-order valence-corrected chi connectivity index (χ4v) is 2.54. The van der Waals surface area contributed by atoms with Gasteiger partial charge in [-0.05, 0) is 33.6 Å². The molecule has 21 heavy (non-hydrogen) atoms. The maximum Gasteiger partial charge on any atom is 0.408 e. The topological polar surface area (TPSA) is 63.0 Å². The highest BCUT2D eigenvalue weighted by Gasteiger charge is 2.41. The van der Waals surface area contributed by atoms with Gasteiger partial charge in [-0.1, -0.05) is 4.85 Å². The van der Waals surface area contributed by atoms with Gasteiger partial charge in [0.15, 0.2) is 0 Å². The van der Waals surface area contributed by atoms with Crippen LogP contribution in [0, 0.1) is 12.5 Å². The Morgan fingerprint density at radius 3 is 2.38 bits per heavy atom. The summed E-state index contributed by atoms with van der Waals surface area (Å²) in [5.74, 6) is -0.0422. The van der Waals surface area contributed by atoms with Crippen LogP contribution in [-0.2, 0) is 9.53 Å². The van der Waals surface area contributed by atoms with Gasteiger partial charge in [-0.15, -0.1) is 0 Å². The second-order valence-corrected chi connectivity index (χ2v) is 6.71. The molecule has 0 bridgehead atoms. The molecule has 3 atom stereocenters. The number of alkyl carbamates (subject to hydrolysis) is 1. The van der Waals surface area contributed by atoms with Gasteiger partial charge in [-0.3, -0.25) is 4.79 Å². The van der Waals surface area contributed by atoms with E-state index in [1.54, 1.807) is 39.8 Å². The minimum Gasteiger partial charge on any atom is -0.444 e. The molecule has 1 aliphatic rings. The van der Waals surface area contributed by atoms with Crippen LogP contribution in [0.2, 0.25) is 0 Å². The third-order valence-electron chi connectivity index (χ3n) is 3.50. The SMILES string of the molecule is C#[N+][C@H]1CC[C@H](C(=O)N(C)C)C[C@H]1NC(=O)OC(C)(C)C. The Morgan fingerprint density at radius 2 is 1.90 bits per heavy atom. The molecule has 0 saturated heterocycles. The van der Waals surface area contributed by atoms with Gasteiger partial charge in [0.2, 0.25) is 5.91 Å². The molecule has 0 radical (unpaired) electrons. The minimum absolute atomic E-state index is 0.0708. The number of amides is 2. The van der Waals surface area contributed by atoms with Crippen LogP contribution < -0.4 is 5.32 Å². The van der Waals surface area contributed by atoms with E-state index in [1.165, 1.54) is 0 Å². The zero-order valence-electron chi connectivity index (χ0n) is 13.5. The summed E-state index contributed by atoms with van der Waals surface area (Å²) in [6, 6.07) is -0.448. The van der Waals surface area contributed by atoms with Gasteiger partial charge in [-0.25, -0.2) is 4.79 Å². The van der Waals surface area contributed by atoms with Crippen molar-refractivity contribution in [3.63, 3.8) is 0 Å². The van der Waals surface area contributed by atoms with Gasteiger partial charge in [-0.2, -0.15) is 0 Å². The molecule has 1 N–H and O–H groups in total. The summed E-state index contributed by atoms with van der Waals surface area (Å²) < 4.78 is 5.25. The smallest absolute Gasteiger partial charge is 0.408 e. The van der Waals surface area contributed by atoms with Gasteiger partial charge in [0.25, 0.3) is 12.6 Å². The van der Waals surface area contributed by atoms with Crippen molar-refractivity contribution in [3.05, 3.63) is 4.85 Å². The van der Waals surface area contributed by atoms with Gasteiger partial charge < -0.3 is 15.0 Å². The van der Waals surface area contributed by atoms with Crippen molar-refractivity contribution in [1.82, 2.24) is 10.2 Å². The predicted octanol–water partition coefficient (Wildman–Crippen LogP) is 2.10. The maximum atomic E-state index is 12.1. The Bertz CT molecular complexity index is 434. The van der Waals surface area contributed by atoms with Gasteiger partial charge >= 0.3 is 6.09 Å². The number of carbonyl (C=O) groups is 2. The summed E-state index contributed by atoms with van der Waals surface area (Å²) >= 11 is 0. The third kappa shape index (κ3) is 5.25. The highest BCUT2D eigenvalue weighted by molar-refractivity contribution is 5.78. The predicted molar refractivity (Wildman–Crippen MR) is 81.3 cm³/mol. The monoisotopic (exact) mass is 296 g/mol. The molecule has 0 aromatic heterocycles. The molecule has 6 heteroatoms. The summed E-state index contributed by atoms with van der Waals surface area (Å²) in [6.07, 6.45) is 1.44. The first-order valence-corrected chi connectivity index (χ1v) is 7.24. The van der Waals surface area contributed by atoms with Crippen LogP contribution in [0.4, 0.5) is 4.79 Å². The van der Waals surface area contributed by atoms with E-state index in [9.17, 15) is 9.59 Å². The molecule has 2 amide bonds. The average Bonchev–Trinajstić information content (AvgIpc) is 2.35. The Balaban J connectivity index is 2.70. The van der Waals surface area contributed by atoms with Crippen LogP contribution in [0.15, 0.2) is 0 Å². The fourth-order valence-electron chi connectivity index (χ4n) is 2.54. The van der Waals surface area contributed by atoms with E-state index in [1.807, 2.05) is 0 Å². The number of rotatable bonds is 2. The molecule has 0 unspecified atom stereocenters. The largest absolute Gasteiger partial charge is 0.444 e. The molecular weight excluding hydrogens is 270 g/mol. The molecule has 1 fully saturated rings. The number of hydrogen-bond acceptors (Lipinski definition) is 3. The Morgan fingerprint density at radius 1 is 1.29 bits per heavy atom. The van der Waals surface area contributed by atoms with Crippen molar-refractivity contribution in [2.75, 3.05) is 14.1 Å². The number of hydrogen-bond donors (Lipinski definition) is 1. The Kier molecular flexibility index (Phi) is 5.59. The summed E-state index contributed by atoms with van der Waals surface area (Å²) in [7, 11) is 3.47. The first kappa shape index (κ1) is 17.3. The normalized spacial score (nSPS) is 25.6. The first-order valence-electron chi connectivity index (χ1n) is 7.24. The van der Waals surface area contributed by atoms with Crippen LogP contribution in [-0.4, -0.2) is 48.7 Å². The molecule has 1 aliphatic carbocycles. The molecular formula is C15H26N3O3+.